The van der Waals surface area contributed by atoms with Crippen LogP contribution < -0.4 is 10.1 Å². The number of ether oxygens (including phenoxy) is 2. The molecule has 0 saturated carbocycles. The van der Waals surface area contributed by atoms with Crippen LogP contribution in [-0.4, -0.2) is 36.6 Å². The summed E-state index contributed by atoms with van der Waals surface area (Å²) in [6, 6.07) is 18.4. The predicted octanol–water partition coefficient (Wildman–Crippen LogP) is 4.34. The minimum atomic E-state index is -0.611. The van der Waals surface area contributed by atoms with Gasteiger partial charge in [-0.1, -0.05) is 36.4 Å². The summed E-state index contributed by atoms with van der Waals surface area (Å²) in [6.07, 6.45) is 0.381. The van der Waals surface area contributed by atoms with Crippen LogP contribution in [0.1, 0.15) is 34.6 Å². The van der Waals surface area contributed by atoms with Crippen molar-refractivity contribution in [1.82, 2.24) is 5.32 Å². The molecule has 0 bridgehead atoms. The molecule has 0 spiro atoms. The van der Waals surface area contributed by atoms with E-state index in [1.165, 1.54) is 35.4 Å². The predicted molar refractivity (Wildman–Crippen MR) is 121 cm³/mol. The van der Waals surface area contributed by atoms with Gasteiger partial charge < -0.3 is 19.9 Å². The summed E-state index contributed by atoms with van der Waals surface area (Å²) in [5.74, 6) is 0.0686. The first kappa shape index (κ1) is 22.0. The topological polar surface area (TPSA) is 50.7 Å². The molecule has 2 heterocycles. The highest BCUT2D eigenvalue weighted by molar-refractivity contribution is 5.42. The molecular formula is C27H27F2NO3. The van der Waals surface area contributed by atoms with E-state index in [2.05, 4.69) is 11.4 Å². The van der Waals surface area contributed by atoms with E-state index < -0.39 is 6.10 Å². The molecule has 0 aliphatic carbocycles. The molecule has 0 radical (unpaired) electrons. The molecule has 4 nitrogen and oxygen atoms in total. The summed E-state index contributed by atoms with van der Waals surface area (Å²) < 4.78 is 38.9. The molecule has 172 valence electrons. The van der Waals surface area contributed by atoms with Gasteiger partial charge in [0.05, 0.1) is 31.5 Å². The summed E-state index contributed by atoms with van der Waals surface area (Å²) in [6.45, 7) is 1.68. The first-order valence-corrected chi connectivity index (χ1v) is 11.4. The third-order valence-corrected chi connectivity index (χ3v) is 6.65. The molecule has 1 saturated heterocycles. The summed E-state index contributed by atoms with van der Waals surface area (Å²) in [4.78, 5) is 0. The van der Waals surface area contributed by atoms with Gasteiger partial charge in [-0.2, -0.15) is 0 Å². The molecular weight excluding hydrogens is 424 g/mol. The highest BCUT2D eigenvalue weighted by Crippen LogP contribution is 2.35. The Morgan fingerprint density at radius 1 is 0.939 bits per heavy atom. The van der Waals surface area contributed by atoms with Gasteiger partial charge in [0.25, 0.3) is 0 Å². The second-order valence-electron chi connectivity index (χ2n) is 8.74. The zero-order valence-electron chi connectivity index (χ0n) is 18.2. The van der Waals surface area contributed by atoms with Gasteiger partial charge in [-0.3, -0.25) is 0 Å². The Labute approximate surface area is 192 Å². The van der Waals surface area contributed by atoms with Crippen molar-refractivity contribution in [2.75, 3.05) is 13.2 Å². The average Bonchev–Trinajstić information content (AvgIpc) is 3.31. The van der Waals surface area contributed by atoms with Crippen LogP contribution in [0.4, 0.5) is 8.78 Å². The number of hydrogen-bond donors (Lipinski definition) is 2. The lowest BCUT2D eigenvalue weighted by atomic mass is 9.82. The third kappa shape index (κ3) is 4.78. The van der Waals surface area contributed by atoms with E-state index >= 15 is 0 Å². The van der Waals surface area contributed by atoms with E-state index in [1.807, 2.05) is 12.1 Å². The second kappa shape index (κ2) is 9.59. The van der Waals surface area contributed by atoms with Gasteiger partial charge in [-0.15, -0.1) is 0 Å². The molecule has 0 amide bonds. The van der Waals surface area contributed by atoms with Crippen LogP contribution in [0.2, 0.25) is 0 Å². The van der Waals surface area contributed by atoms with Gasteiger partial charge in [0.2, 0.25) is 0 Å². The maximum atomic E-state index is 13.5. The van der Waals surface area contributed by atoms with Crippen LogP contribution in [0, 0.1) is 11.6 Å². The Kier molecular flexibility index (Phi) is 6.40. The molecule has 6 heteroatoms. The van der Waals surface area contributed by atoms with E-state index in [4.69, 9.17) is 9.47 Å². The fourth-order valence-electron chi connectivity index (χ4n) is 4.90. The maximum Gasteiger partial charge on any atom is 0.123 e. The minimum absolute atomic E-state index is 0.207. The number of benzene rings is 3. The summed E-state index contributed by atoms with van der Waals surface area (Å²) in [5, 5.41) is 14.4. The van der Waals surface area contributed by atoms with Crippen molar-refractivity contribution in [1.29, 1.82) is 0 Å². The van der Waals surface area contributed by atoms with Gasteiger partial charge >= 0.3 is 0 Å². The number of fused-ring (bicyclic) bond motifs is 1. The van der Waals surface area contributed by atoms with Crippen LogP contribution in [0.25, 0.3) is 0 Å². The summed E-state index contributed by atoms with van der Waals surface area (Å²) in [5.41, 5.74) is 4.13. The van der Waals surface area contributed by atoms with Crippen LogP contribution in [0.15, 0.2) is 66.7 Å². The van der Waals surface area contributed by atoms with Crippen LogP contribution in [0.3, 0.4) is 0 Å². The quantitative estimate of drug-likeness (QED) is 0.586. The highest BCUT2D eigenvalue weighted by Gasteiger charge is 2.35. The molecule has 0 aromatic heterocycles. The minimum Gasteiger partial charge on any atom is -0.493 e. The molecule has 5 rings (SSSR count). The Hall–Kier alpha value is -2.80. The van der Waals surface area contributed by atoms with Crippen molar-refractivity contribution in [3.63, 3.8) is 0 Å². The van der Waals surface area contributed by atoms with E-state index in [-0.39, 0.29) is 29.7 Å². The molecule has 2 aliphatic heterocycles. The molecule has 33 heavy (non-hydrogen) atoms. The first-order chi connectivity index (χ1) is 16.1. The van der Waals surface area contributed by atoms with Gasteiger partial charge in [0.1, 0.15) is 17.4 Å². The smallest absolute Gasteiger partial charge is 0.123 e. The highest BCUT2D eigenvalue weighted by atomic mass is 19.1. The maximum absolute atomic E-state index is 13.5. The number of rotatable bonds is 6. The summed E-state index contributed by atoms with van der Waals surface area (Å²) >= 11 is 0. The lowest BCUT2D eigenvalue weighted by Crippen LogP contribution is -2.50. The SMILES string of the molecule is OC1CC(C(c2ccc(F)cc2)c2ccc(F)cc2)OCC1NCc1cccc2c1CCO2. The number of aliphatic hydroxyl groups is 1. The monoisotopic (exact) mass is 451 g/mol. The van der Waals surface area contributed by atoms with Crippen molar-refractivity contribution < 1.29 is 23.4 Å². The first-order valence-electron chi connectivity index (χ1n) is 11.4. The second-order valence-corrected chi connectivity index (χ2v) is 8.74. The lowest BCUT2D eigenvalue weighted by molar-refractivity contribution is -0.0718. The number of hydrogen-bond acceptors (Lipinski definition) is 4. The van der Waals surface area contributed by atoms with Crippen molar-refractivity contribution in [3.8, 4) is 5.75 Å². The Morgan fingerprint density at radius 3 is 2.24 bits per heavy atom. The Balaban J connectivity index is 1.30. The molecule has 2 N–H and O–H groups in total. The number of aliphatic hydroxyl groups excluding tert-OH is 1. The zero-order valence-corrected chi connectivity index (χ0v) is 18.2. The van der Waals surface area contributed by atoms with Crippen LogP contribution in [0.5, 0.6) is 5.75 Å². The molecule has 3 aromatic rings. The third-order valence-electron chi connectivity index (χ3n) is 6.65. The standard InChI is InChI=1S/C27H27F2NO3/c28-20-8-4-17(5-9-20)27(18-6-10-21(29)11-7-18)26-14-24(31)23(16-33-26)30-15-19-2-1-3-25-22(19)12-13-32-25/h1-11,23-24,26-27,30-31H,12-16H2. The average molecular weight is 452 g/mol. The fraction of sp³-hybridized carbons (Fsp3) is 0.333. The van der Waals surface area contributed by atoms with Crippen molar-refractivity contribution in [3.05, 3.63) is 101 Å². The van der Waals surface area contributed by atoms with E-state index in [0.717, 1.165) is 23.3 Å². The Bertz CT molecular complexity index is 1040. The van der Waals surface area contributed by atoms with Crippen molar-refractivity contribution >= 4 is 0 Å². The van der Waals surface area contributed by atoms with Gasteiger partial charge in [-0.05, 0) is 47.0 Å². The number of nitrogens with one attached hydrogen (secondary N) is 1. The van der Waals surface area contributed by atoms with E-state index in [0.29, 0.717) is 26.2 Å². The van der Waals surface area contributed by atoms with Crippen molar-refractivity contribution in [2.45, 2.75) is 43.6 Å². The number of halogens is 2. The Morgan fingerprint density at radius 2 is 1.61 bits per heavy atom. The lowest BCUT2D eigenvalue weighted by Gasteiger charge is -2.38. The van der Waals surface area contributed by atoms with Gasteiger partial charge in [0, 0.05) is 30.9 Å². The molecule has 1 fully saturated rings. The van der Waals surface area contributed by atoms with E-state index in [9.17, 15) is 13.9 Å². The van der Waals surface area contributed by atoms with E-state index in [1.54, 1.807) is 24.3 Å². The normalized spacial score (nSPS) is 22.2. The molecule has 3 unspecified atom stereocenters. The van der Waals surface area contributed by atoms with Gasteiger partial charge in [-0.25, -0.2) is 8.78 Å². The molecule has 2 aliphatic rings. The molecule has 3 atom stereocenters. The summed E-state index contributed by atoms with van der Waals surface area (Å²) in [7, 11) is 0. The largest absolute Gasteiger partial charge is 0.493 e. The molecule has 3 aromatic carbocycles. The zero-order chi connectivity index (χ0) is 22.8. The van der Waals surface area contributed by atoms with Crippen molar-refractivity contribution in [2.24, 2.45) is 0 Å². The van der Waals surface area contributed by atoms with Gasteiger partial charge in [0.15, 0.2) is 0 Å². The van der Waals surface area contributed by atoms with Crippen LogP contribution in [-0.2, 0) is 17.7 Å². The fourth-order valence-corrected chi connectivity index (χ4v) is 4.90. The van der Waals surface area contributed by atoms with Crippen LogP contribution >= 0.6 is 0 Å².